The van der Waals surface area contributed by atoms with Gasteiger partial charge in [0.25, 0.3) is 0 Å². The molecule has 0 heterocycles. The topological polar surface area (TPSA) is 82.9 Å². The molecular weight excluding hydrogens is 304 g/mol. The zero-order valence-corrected chi connectivity index (χ0v) is 13.7. The van der Waals surface area contributed by atoms with Crippen molar-refractivity contribution in [2.75, 3.05) is 17.2 Å². The first kappa shape index (κ1) is 17.6. The first-order chi connectivity index (χ1) is 11.7. The maximum Gasteiger partial charge on any atom is 0.108 e. The van der Waals surface area contributed by atoms with Crippen LogP contribution in [0.2, 0.25) is 0 Å². The van der Waals surface area contributed by atoms with Crippen molar-refractivity contribution in [2.24, 2.45) is 10.4 Å². The lowest BCUT2D eigenvalue weighted by atomic mass is 10.1. The van der Waals surface area contributed by atoms with E-state index in [1.165, 1.54) is 0 Å². The molecule has 1 unspecified atom stereocenters. The average molecular weight is 326 g/mol. The van der Waals surface area contributed by atoms with Crippen molar-refractivity contribution in [3.63, 3.8) is 0 Å². The quantitative estimate of drug-likeness (QED) is 0.442. The molecular formula is C18H22N4O2. The van der Waals surface area contributed by atoms with Crippen LogP contribution in [-0.4, -0.2) is 12.6 Å². The van der Waals surface area contributed by atoms with Gasteiger partial charge in [-0.3, -0.25) is 0 Å². The van der Waals surface area contributed by atoms with Gasteiger partial charge in [0.05, 0.1) is 0 Å². The summed E-state index contributed by atoms with van der Waals surface area (Å²) in [7, 11) is 0. The Balaban J connectivity index is 1.62. The van der Waals surface area contributed by atoms with Crippen LogP contribution < -0.4 is 10.6 Å². The molecule has 0 aromatic heterocycles. The highest BCUT2D eigenvalue weighted by Crippen LogP contribution is 2.18. The maximum atomic E-state index is 10.4. The summed E-state index contributed by atoms with van der Waals surface area (Å²) in [5.41, 5.74) is 2.88. The number of rotatable bonds is 10. The van der Waals surface area contributed by atoms with E-state index in [2.05, 4.69) is 27.9 Å². The fourth-order valence-corrected chi connectivity index (χ4v) is 2.42. The first-order valence-corrected chi connectivity index (χ1v) is 8.08. The van der Waals surface area contributed by atoms with Crippen LogP contribution in [0.15, 0.2) is 58.9 Å². The fourth-order valence-electron chi connectivity index (χ4n) is 2.42. The van der Waals surface area contributed by atoms with Gasteiger partial charge < -0.3 is 10.6 Å². The lowest BCUT2D eigenvalue weighted by molar-refractivity contribution is 0.634. The summed E-state index contributed by atoms with van der Waals surface area (Å²) in [6.45, 7) is 3.03. The smallest absolute Gasteiger partial charge is 0.108 e. The van der Waals surface area contributed by atoms with Crippen LogP contribution in [0.1, 0.15) is 26.2 Å². The van der Waals surface area contributed by atoms with Gasteiger partial charge in [-0.15, -0.1) is 9.81 Å². The third-order valence-corrected chi connectivity index (χ3v) is 3.75. The Bertz CT molecular complexity index is 641. The van der Waals surface area contributed by atoms with Crippen molar-refractivity contribution in [1.82, 2.24) is 0 Å². The molecule has 126 valence electrons. The highest BCUT2D eigenvalue weighted by atomic mass is 16.3. The molecule has 2 aromatic carbocycles. The van der Waals surface area contributed by atoms with Crippen molar-refractivity contribution >= 4 is 22.7 Å². The predicted octanol–water partition coefficient (Wildman–Crippen LogP) is 5.57. The van der Waals surface area contributed by atoms with Crippen molar-refractivity contribution in [2.45, 2.75) is 32.2 Å². The number of benzene rings is 2. The van der Waals surface area contributed by atoms with Crippen molar-refractivity contribution in [3.8, 4) is 0 Å². The summed E-state index contributed by atoms with van der Waals surface area (Å²) in [6.07, 6.45) is 3.22. The summed E-state index contributed by atoms with van der Waals surface area (Å²) < 4.78 is 0. The van der Waals surface area contributed by atoms with E-state index in [-0.39, 0.29) is 0 Å². The molecule has 0 bridgehead atoms. The highest BCUT2D eigenvalue weighted by molar-refractivity contribution is 5.51. The third-order valence-electron chi connectivity index (χ3n) is 3.75. The second kappa shape index (κ2) is 9.39. The van der Waals surface area contributed by atoms with Crippen LogP contribution in [-0.2, 0) is 0 Å². The van der Waals surface area contributed by atoms with E-state index in [9.17, 15) is 9.81 Å². The summed E-state index contributed by atoms with van der Waals surface area (Å²) in [5, 5.41) is 12.5. The van der Waals surface area contributed by atoms with E-state index >= 15 is 0 Å². The highest BCUT2D eigenvalue weighted by Gasteiger charge is 2.02. The second-order valence-corrected chi connectivity index (χ2v) is 5.74. The molecule has 0 saturated carbocycles. The van der Waals surface area contributed by atoms with Crippen molar-refractivity contribution < 1.29 is 0 Å². The molecule has 0 aliphatic rings. The molecule has 0 amide bonds. The van der Waals surface area contributed by atoms with Gasteiger partial charge in [0.2, 0.25) is 0 Å². The summed E-state index contributed by atoms with van der Waals surface area (Å²) in [6, 6.07) is 14.6. The number of nitrogens with zero attached hydrogens (tertiary/aromatic N) is 2. The van der Waals surface area contributed by atoms with Gasteiger partial charge in [0.15, 0.2) is 0 Å². The molecule has 0 spiro atoms. The molecule has 2 rings (SSSR count). The normalized spacial score (nSPS) is 11.5. The molecule has 0 fully saturated rings. The van der Waals surface area contributed by atoms with Gasteiger partial charge in [-0.1, -0.05) is 0 Å². The lowest BCUT2D eigenvalue weighted by Gasteiger charge is -2.15. The third kappa shape index (κ3) is 5.79. The van der Waals surface area contributed by atoms with Crippen LogP contribution in [0.4, 0.5) is 22.7 Å². The van der Waals surface area contributed by atoms with Crippen molar-refractivity contribution in [3.05, 3.63) is 58.3 Å². The number of nitroso groups, excluding NO2 is 2. The van der Waals surface area contributed by atoms with Gasteiger partial charge in [0.1, 0.15) is 11.4 Å². The van der Waals surface area contributed by atoms with E-state index in [1.54, 1.807) is 24.3 Å². The van der Waals surface area contributed by atoms with Gasteiger partial charge >= 0.3 is 0 Å². The standard InChI is InChI=1S/C18H22N4O2/c1-14(20-16-7-11-18(22-24)12-8-16)4-2-3-13-19-15-5-9-17(21-23)10-6-15/h5-12,14,19-20H,2-4,13H2,1H3. The Morgan fingerprint density at radius 3 is 1.92 bits per heavy atom. The van der Waals surface area contributed by atoms with Crippen molar-refractivity contribution in [1.29, 1.82) is 0 Å². The molecule has 24 heavy (non-hydrogen) atoms. The number of hydrogen-bond donors (Lipinski definition) is 2. The molecule has 6 heteroatoms. The first-order valence-electron chi connectivity index (χ1n) is 8.08. The fraction of sp³-hybridized carbons (Fsp3) is 0.333. The SMILES string of the molecule is CC(CCCCNc1ccc(N=O)cc1)Nc1ccc(N=O)cc1. The number of unbranched alkanes of at least 4 members (excludes halogenated alkanes) is 1. The summed E-state index contributed by atoms with van der Waals surface area (Å²) >= 11 is 0. The molecule has 0 radical (unpaired) electrons. The Morgan fingerprint density at radius 1 is 0.833 bits per heavy atom. The van der Waals surface area contributed by atoms with Crippen LogP contribution >= 0.6 is 0 Å². The van der Waals surface area contributed by atoms with E-state index in [1.807, 2.05) is 24.3 Å². The van der Waals surface area contributed by atoms with E-state index in [0.29, 0.717) is 17.4 Å². The summed E-state index contributed by atoms with van der Waals surface area (Å²) in [5.74, 6) is 0. The predicted molar refractivity (Wildman–Crippen MR) is 99.2 cm³/mol. The van der Waals surface area contributed by atoms with Gasteiger partial charge in [-0.2, -0.15) is 0 Å². The van der Waals surface area contributed by atoms with Crippen LogP contribution in [0, 0.1) is 9.81 Å². The summed E-state index contributed by atoms with van der Waals surface area (Å²) in [4.78, 5) is 20.7. The molecule has 1 atom stereocenters. The number of hydrogen-bond acceptors (Lipinski definition) is 6. The van der Waals surface area contributed by atoms with Gasteiger partial charge in [0, 0.05) is 24.0 Å². The molecule has 2 aromatic rings. The van der Waals surface area contributed by atoms with Crippen LogP contribution in [0.3, 0.4) is 0 Å². The molecule has 6 nitrogen and oxygen atoms in total. The number of anilines is 2. The zero-order valence-electron chi connectivity index (χ0n) is 13.7. The van der Waals surface area contributed by atoms with Crippen LogP contribution in [0.25, 0.3) is 0 Å². The van der Waals surface area contributed by atoms with Gasteiger partial charge in [-0.25, -0.2) is 0 Å². The van der Waals surface area contributed by atoms with E-state index < -0.39 is 0 Å². The monoisotopic (exact) mass is 326 g/mol. The minimum absolute atomic E-state index is 0.359. The van der Waals surface area contributed by atoms with E-state index in [4.69, 9.17) is 0 Å². The molecule has 0 aliphatic carbocycles. The van der Waals surface area contributed by atoms with E-state index in [0.717, 1.165) is 37.2 Å². The Labute approximate surface area is 141 Å². The number of nitrogens with one attached hydrogen (secondary N) is 2. The molecule has 0 aliphatic heterocycles. The Hall–Kier alpha value is -2.76. The van der Waals surface area contributed by atoms with Gasteiger partial charge in [-0.05, 0) is 85.1 Å². The molecule has 2 N–H and O–H groups in total. The molecule has 0 saturated heterocycles. The Kier molecular flexibility index (Phi) is 6.89. The largest absolute Gasteiger partial charge is 0.385 e. The minimum Gasteiger partial charge on any atom is -0.385 e. The maximum absolute atomic E-state index is 10.4. The lowest BCUT2D eigenvalue weighted by Crippen LogP contribution is -2.15. The van der Waals surface area contributed by atoms with Crippen LogP contribution in [0.5, 0.6) is 0 Å². The zero-order chi connectivity index (χ0) is 17.2. The second-order valence-electron chi connectivity index (χ2n) is 5.74. The average Bonchev–Trinajstić information content (AvgIpc) is 2.62. The Morgan fingerprint density at radius 2 is 1.38 bits per heavy atom. The minimum atomic E-state index is 0.359.